The van der Waals surface area contributed by atoms with Crippen molar-refractivity contribution in [3.8, 4) is 0 Å². The number of allylic oxidation sites excluding steroid dienone is 5. The van der Waals surface area contributed by atoms with E-state index in [1.54, 1.807) is 6.08 Å². The second kappa shape index (κ2) is 49.0. The Morgan fingerprint density at radius 2 is 0.684 bits per heavy atom. The number of hydrogen-bond acceptors (Lipinski definition) is 3. The fraction of sp³-hybridized carbons (Fsp3) is 0.868. The molecule has 0 spiro atoms. The van der Waals surface area contributed by atoms with Crippen LogP contribution < -0.4 is 5.32 Å². The number of hydrogen-bond donors (Lipinski definition) is 3. The third-order valence-corrected chi connectivity index (χ3v) is 11.9. The van der Waals surface area contributed by atoms with Crippen LogP contribution in [0.3, 0.4) is 0 Å². The molecule has 3 N–H and O–H groups in total. The van der Waals surface area contributed by atoms with Gasteiger partial charge in [0.25, 0.3) is 0 Å². The molecule has 0 saturated heterocycles. The van der Waals surface area contributed by atoms with Gasteiger partial charge in [0.15, 0.2) is 0 Å². The van der Waals surface area contributed by atoms with E-state index in [1.807, 2.05) is 6.08 Å². The van der Waals surface area contributed by atoms with Crippen LogP contribution in [0.4, 0.5) is 0 Å². The Morgan fingerprint density at radius 3 is 1.00 bits per heavy atom. The molecule has 4 nitrogen and oxygen atoms in total. The molecule has 0 rings (SSSR count). The molecule has 0 fully saturated rings. The van der Waals surface area contributed by atoms with Gasteiger partial charge < -0.3 is 15.5 Å². The first kappa shape index (κ1) is 55.6. The Kier molecular flexibility index (Phi) is 47.8. The third-order valence-electron chi connectivity index (χ3n) is 11.9. The molecule has 2 unspecified atom stereocenters. The zero-order valence-corrected chi connectivity index (χ0v) is 38.6. The number of aliphatic hydroxyl groups excluding tert-OH is 2. The first-order chi connectivity index (χ1) is 28.2. The molecule has 0 aromatic rings. The van der Waals surface area contributed by atoms with Gasteiger partial charge in [0, 0.05) is 6.42 Å². The molecular weight excluding hydrogens is 699 g/mol. The first-order valence-electron chi connectivity index (χ1n) is 25.7. The zero-order valence-electron chi connectivity index (χ0n) is 38.6. The SMILES string of the molecule is CCCC/C=C/CC/C=C/CC/C=C/C(O)C(CO)NC(=O)CCCCCCCCCCCCCCCCCCCCCCCCCCCCCCCCCCC. The fourth-order valence-corrected chi connectivity index (χ4v) is 7.90. The minimum Gasteiger partial charge on any atom is -0.394 e. The summed E-state index contributed by atoms with van der Waals surface area (Å²) in [4.78, 5) is 12.4. The number of aliphatic hydroxyl groups is 2. The minimum atomic E-state index is -0.866. The van der Waals surface area contributed by atoms with Crippen molar-refractivity contribution in [2.24, 2.45) is 0 Å². The summed E-state index contributed by atoms with van der Waals surface area (Å²) >= 11 is 0. The summed E-state index contributed by atoms with van der Waals surface area (Å²) in [5, 5.41) is 23.0. The number of carbonyl (C=O) groups is 1. The van der Waals surface area contributed by atoms with Crippen molar-refractivity contribution in [1.29, 1.82) is 0 Å². The van der Waals surface area contributed by atoms with Crippen molar-refractivity contribution in [1.82, 2.24) is 5.32 Å². The van der Waals surface area contributed by atoms with E-state index in [2.05, 4.69) is 43.5 Å². The maximum absolute atomic E-state index is 12.4. The van der Waals surface area contributed by atoms with Gasteiger partial charge in [-0.2, -0.15) is 0 Å². The molecule has 0 aromatic carbocycles. The molecule has 4 heteroatoms. The zero-order chi connectivity index (χ0) is 41.4. The number of amides is 1. The Labute approximate surface area is 357 Å². The molecule has 0 bridgehead atoms. The Hall–Kier alpha value is -1.39. The predicted octanol–water partition coefficient (Wildman–Crippen LogP) is 16.5. The highest BCUT2D eigenvalue weighted by atomic mass is 16.3. The van der Waals surface area contributed by atoms with Crippen LogP contribution in [0.2, 0.25) is 0 Å². The summed E-state index contributed by atoms with van der Waals surface area (Å²) < 4.78 is 0. The highest BCUT2D eigenvalue weighted by molar-refractivity contribution is 5.76. The smallest absolute Gasteiger partial charge is 0.220 e. The third kappa shape index (κ3) is 45.5. The normalized spacial score (nSPS) is 13.1. The average Bonchev–Trinajstić information content (AvgIpc) is 3.22. The monoisotopic (exact) mass is 800 g/mol. The van der Waals surface area contributed by atoms with Gasteiger partial charge in [-0.3, -0.25) is 4.79 Å². The standard InChI is InChI=1S/C53H101NO3/c1-3-5-7-9-11-13-15-17-18-19-20-21-22-23-24-25-26-27-28-29-30-31-32-33-34-35-36-37-39-41-43-45-47-49-53(57)54-51(50-55)52(56)48-46-44-42-40-38-16-14-12-10-8-6-4-2/h10,12,38,40,46,48,51-52,55-56H,3-9,11,13-37,39,41-45,47,49-50H2,1-2H3,(H,54,57)/b12-10+,40-38+,48-46+. The van der Waals surface area contributed by atoms with E-state index >= 15 is 0 Å². The second-order valence-electron chi connectivity index (χ2n) is 17.6. The molecule has 1 amide bonds. The first-order valence-corrected chi connectivity index (χ1v) is 25.7. The summed E-state index contributed by atoms with van der Waals surface area (Å²) in [5.41, 5.74) is 0. The lowest BCUT2D eigenvalue weighted by atomic mass is 10.0. The largest absolute Gasteiger partial charge is 0.394 e. The predicted molar refractivity (Wildman–Crippen MR) is 253 cm³/mol. The lowest BCUT2D eigenvalue weighted by Gasteiger charge is -2.19. The molecule has 0 aliphatic rings. The van der Waals surface area contributed by atoms with E-state index in [1.165, 1.54) is 218 Å². The van der Waals surface area contributed by atoms with E-state index in [0.717, 1.165) is 38.5 Å². The van der Waals surface area contributed by atoms with Crippen molar-refractivity contribution < 1.29 is 15.0 Å². The Balaban J connectivity index is 3.40. The molecule has 336 valence electrons. The van der Waals surface area contributed by atoms with Crippen molar-refractivity contribution in [3.63, 3.8) is 0 Å². The van der Waals surface area contributed by atoms with E-state index in [-0.39, 0.29) is 12.5 Å². The van der Waals surface area contributed by atoms with Gasteiger partial charge in [-0.05, 0) is 38.5 Å². The Morgan fingerprint density at radius 1 is 0.404 bits per heavy atom. The Bertz CT molecular complexity index is 866. The van der Waals surface area contributed by atoms with E-state index in [4.69, 9.17) is 0 Å². The lowest BCUT2D eigenvalue weighted by Crippen LogP contribution is -2.45. The van der Waals surface area contributed by atoms with Crippen molar-refractivity contribution >= 4 is 5.91 Å². The highest BCUT2D eigenvalue weighted by Gasteiger charge is 2.17. The molecule has 0 radical (unpaired) electrons. The average molecular weight is 800 g/mol. The van der Waals surface area contributed by atoms with Crippen LogP contribution in [-0.2, 0) is 4.79 Å². The van der Waals surface area contributed by atoms with Crippen molar-refractivity contribution in [2.75, 3.05) is 6.61 Å². The van der Waals surface area contributed by atoms with Crippen LogP contribution in [0.25, 0.3) is 0 Å². The maximum Gasteiger partial charge on any atom is 0.220 e. The molecule has 57 heavy (non-hydrogen) atoms. The van der Waals surface area contributed by atoms with Crippen LogP contribution in [0.15, 0.2) is 36.5 Å². The highest BCUT2D eigenvalue weighted by Crippen LogP contribution is 2.17. The van der Waals surface area contributed by atoms with Gasteiger partial charge in [-0.25, -0.2) is 0 Å². The fourth-order valence-electron chi connectivity index (χ4n) is 7.90. The second-order valence-corrected chi connectivity index (χ2v) is 17.6. The van der Waals surface area contributed by atoms with Gasteiger partial charge in [0.2, 0.25) is 5.91 Å². The number of carbonyl (C=O) groups excluding carboxylic acids is 1. The van der Waals surface area contributed by atoms with E-state index in [9.17, 15) is 15.0 Å². The van der Waals surface area contributed by atoms with Crippen LogP contribution in [0.5, 0.6) is 0 Å². The summed E-state index contributed by atoms with van der Waals surface area (Å²) in [7, 11) is 0. The summed E-state index contributed by atoms with van der Waals surface area (Å²) in [5.74, 6) is -0.0751. The summed E-state index contributed by atoms with van der Waals surface area (Å²) in [6, 6.07) is -0.642. The van der Waals surface area contributed by atoms with Crippen molar-refractivity contribution in [3.05, 3.63) is 36.5 Å². The van der Waals surface area contributed by atoms with E-state index in [0.29, 0.717) is 6.42 Å². The van der Waals surface area contributed by atoms with Crippen LogP contribution in [-0.4, -0.2) is 34.9 Å². The quantitative estimate of drug-likeness (QED) is 0.0424. The van der Waals surface area contributed by atoms with Crippen LogP contribution >= 0.6 is 0 Å². The molecule has 2 atom stereocenters. The molecule has 0 aromatic heterocycles. The van der Waals surface area contributed by atoms with Crippen LogP contribution in [0.1, 0.15) is 277 Å². The molecule has 0 heterocycles. The summed E-state index contributed by atoms with van der Waals surface area (Å²) in [6.07, 6.45) is 65.9. The summed E-state index contributed by atoms with van der Waals surface area (Å²) in [6.45, 7) is 4.26. The molecular formula is C53H101NO3. The van der Waals surface area contributed by atoms with Crippen molar-refractivity contribution in [2.45, 2.75) is 289 Å². The van der Waals surface area contributed by atoms with Gasteiger partial charge in [0.1, 0.15) is 0 Å². The number of rotatable bonds is 47. The number of unbranched alkanes of at least 4 members (excludes halogenated alkanes) is 36. The number of nitrogens with one attached hydrogen (secondary N) is 1. The van der Waals surface area contributed by atoms with Gasteiger partial charge in [-0.15, -0.1) is 0 Å². The topological polar surface area (TPSA) is 69.6 Å². The molecule has 0 aliphatic heterocycles. The van der Waals surface area contributed by atoms with Gasteiger partial charge in [-0.1, -0.05) is 269 Å². The van der Waals surface area contributed by atoms with Gasteiger partial charge >= 0.3 is 0 Å². The minimum absolute atomic E-state index is 0.0751. The lowest BCUT2D eigenvalue weighted by molar-refractivity contribution is -0.123. The van der Waals surface area contributed by atoms with Gasteiger partial charge in [0.05, 0.1) is 18.8 Å². The maximum atomic E-state index is 12.4. The molecule has 0 saturated carbocycles. The van der Waals surface area contributed by atoms with E-state index < -0.39 is 12.1 Å². The molecule has 0 aliphatic carbocycles. The van der Waals surface area contributed by atoms with Crippen LogP contribution in [0, 0.1) is 0 Å².